The second-order valence-electron chi connectivity index (χ2n) is 11.6. The number of amides is 3. The Kier molecular flexibility index (Phi) is 7.00. The van der Waals surface area contributed by atoms with Gasteiger partial charge >= 0.3 is 6.09 Å². The number of allylic oxidation sites excluding steroid dienone is 1. The molecule has 39 heavy (non-hydrogen) atoms. The lowest BCUT2D eigenvalue weighted by Gasteiger charge is -2.36. The average molecular weight is 538 g/mol. The number of H-pyrrole nitrogens is 1. The van der Waals surface area contributed by atoms with Crippen molar-refractivity contribution in [1.82, 2.24) is 20.1 Å². The number of aryl methyl sites for hydroxylation is 1. The van der Waals surface area contributed by atoms with Gasteiger partial charge in [-0.25, -0.2) is 9.18 Å². The van der Waals surface area contributed by atoms with Gasteiger partial charge in [-0.3, -0.25) is 14.5 Å². The summed E-state index contributed by atoms with van der Waals surface area (Å²) in [5, 5.41) is 5.95. The number of piperazine rings is 1. The highest BCUT2D eigenvalue weighted by atomic mass is 19.1. The Balaban J connectivity index is 1.25. The normalized spacial score (nSPS) is 19.9. The number of aromatic amines is 1. The highest BCUT2D eigenvalue weighted by molar-refractivity contribution is 6.37. The molecule has 9 nitrogen and oxygen atoms in total. The van der Waals surface area contributed by atoms with Crippen molar-refractivity contribution in [3.05, 3.63) is 52.1 Å². The summed E-state index contributed by atoms with van der Waals surface area (Å²) in [5.74, 6) is -0.805. The number of benzene rings is 1. The van der Waals surface area contributed by atoms with Crippen LogP contribution in [0.3, 0.4) is 0 Å². The number of nitrogens with one attached hydrogen (secondary N) is 3. The van der Waals surface area contributed by atoms with Crippen molar-refractivity contribution in [2.45, 2.75) is 59.1 Å². The quantitative estimate of drug-likeness (QED) is 0.513. The lowest BCUT2D eigenvalue weighted by Crippen LogP contribution is -2.53. The van der Waals surface area contributed by atoms with Crippen LogP contribution in [-0.2, 0) is 16.0 Å². The molecular weight excluding hydrogens is 501 g/mol. The first kappa shape index (κ1) is 26.9. The van der Waals surface area contributed by atoms with E-state index in [2.05, 4.69) is 20.5 Å². The topological polar surface area (TPSA) is 107 Å². The molecule has 1 aliphatic carbocycles. The number of nitrogens with zero attached hydrogens (tertiary/aromatic N) is 2. The monoisotopic (exact) mass is 537 g/mol. The maximum Gasteiger partial charge on any atom is 0.410 e. The van der Waals surface area contributed by atoms with Crippen LogP contribution in [0.5, 0.6) is 0 Å². The molecule has 1 aromatic heterocycles. The molecule has 0 spiro atoms. The van der Waals surface area contributed by atoms with Crippen LogP contribution in [0.15, 0.2) is 18.2 Å². The lowest BCUT2D eigenvalue weighted by atomic mass is 9.99. The first-order valence-electron chi connectivity index (χ1n) is 13.5. The number of anilines is 1. The van der Waals surface area contributed by atoms with E-state index >= 15 is 0 Å². The largest absolute Gasteiger partial charge is 0.444 e. The Morgan fingerprint density at radius 3 is 2.56 bits per heavy atom. The third-order valence-corrected chi connectivity index (χ3v) is 7.41. The van der Waals surface area contributed by atoms with Gasteiger partial charge in [0.2, 0.25) is 0 Å². The molecule has 1 saturated heterocycles. The van der Waals surface area contributed by atoms with E-state index in [1.165, 1.54) is 12.1 Å². The van der Waals surface area contributed by atoms with Crippen molar-refractivity contribution in [1.29, 1.82) is 0 Å². The smallest absolute Gasteiger partial charge is 0.410 e. The van der Waals surface area contributed by atoms with E-state index in [-0.39, 0.29) is 23.9 Å². The molecule has 5 rings (SSSR count). The number of carbonyl (C=O) groups is 3. The van der Waals surface area contributed by atoms with Crippen molar-refractivity contribution in [3.8, 4) is 0 Å². The molecular formula is C29H36FN5O4. The number of fused-ring (bicyclic) bond motifs is 2. The molecule has 2 aliphatic heterocycles. The van der Waals surface area contributed by atoms with Gasteiger partial charge in [-0.05, 0) is 76.8 Å². The van der Waals surface area contributed by atoms with Crippen LogP contribution >= 0.6 is 0 Å². The Morgan fingerprint density at radius 1 is 1.15 bits per heavy atom. The molecule has 0 unspecified atom stereocenters. The minimum absolute atomic E-state index is 0.106. The van der Waals surface area contributed by atoms with Gasteiger partial charge in [-0.2, -0.15) is 0 Å². The van der Waals surface area contributed by atoms with E-state index in [9.17, 15) is 18.8 Å². The predicted octanol–water partition coefficient (Wildman–Crippen LogP) is 3.94. The molecule has 1 fully saturated rings. The number of halogens is 1. The predicted molar refractivity (Wildman–Crippen MR) is 147 cm³/mol. The average Bonchev–Trinajstić information content (AvgIpc) is 3.48. The van der Waals surface area contributed by atoms with Gasteiger partial charge in [0.05, 0.1) is 11.1 Å². The van der Waals surface area contributed by atoms with Gasteiger partial charge in [0, 0.05) is 61.4 Å². The summed E-state index contributed by atoms with van der Waals surface area (Å²) in [7, 11) is 0. The van der Waals surface area contributed by atoms with Gasteiger partial charge in [0.25, 0.3) is 11.8 Å². The maximum atomic E-state index is 14.0. The van der Waals surface area contributed by atoms with Crippen molar-refractivity contribution in [2.24, 2.45) is 0 Å². The third-order valence-electron chi connectivity index (χ3n) is 7.41. The second-order valence-corrected chi connectivity index (χ2v) is 11.6. The standard InChI is InChI=1S/C29H36FN5O4/c1-16(15-34-10-12-35(13-11-34)28(38)39-29(3,4)5)31-26(36)23-17(2)32-25-19(23)7-8-20(25)24-21-14-18(30)6-9-22(21)33-27(24)37/h6,9,14,16,32H,7-8,10-13,15H2,1-5H3,(H,31,36)(H,33,37)/b24-20-/t16-/m0/s1. The van der Waals surface area contributed by atoms with Crippen LogP contribution in [0.25, 0.3) is 11.1 Å². The molecule has 1 atom stereocenters. The fourth-order valence-corrected chi connectivity index (χ4v) is 5.72. The highest BCUT2D eigenvalue weighted by Crippen LogP contribution is 2.44. The zero-order valence-corrected chi connectivity index (χ0v) is 23.2. The molecule has 3 aliphatic rings. The first-order chi connectivity index (χ1) is 18.4. The third kappa shape index (κ3) is 5.43. The second kappa shape index (κ2) is 10.1. The summed E-state index contributed by atoms with van der Waals surface area (Å²) in [6.07, 6.45) is 0.927. The summed E-state index contributed by atoms with van der Waals surface area (Å²) in [6.45, 7) is 12.6. The number of carbonyl (C=O) groups excluding carboxylic acids is 3. The van der Waals surface area contributed by atoms with Crippen LogP contribution < -0.4 is 10.6 Å². The van der Waals surface area contributed by atoms with E-state index in [4.69, 9.17) is 4.74 Å². The summed E-state index contributed by atoms with van der Waals surface area (Å²) >= 11 is 0. The number of hydrogen-bond acceptors (Lipinski definition) is 5. The van der Waals surface area contributed by atoms with E-state index in [0.717, 1.165) is 22.5 Å². The summed E-state index contributed by atoms with van der Waals surface area (Å²) in [6, 6.07) is 4.18. The van der Waals surface area contributed by atoms with Crippen LogP contribution in [0, 0.1) is 12.7 Å². The number of rotatable bonds is 4. The van der Waals surface area contributed by atoms with Gasteiger partial charge < -0.3 is 25.3 Å². The number of ether oxygens (including phenoxy) is 1. The highest BCUT2D eigenvalue weighted by Gasteiger charge is 2.35. The zero-order valence-electron chi connectivity index (χ0n) is 23.2. The fourth-order valence-electron chi connectivity index (χ4n) is 5.72. The Labute approximate surface area is 227 Å². The Bertz CT molecular complexity index is 1360. The molecule has 10 heteroatoms. The minimum Gasteiger partial charge on any atom is -0.444 e. The molecule has 0 saturated carbocycles. The zero-order chi connectivity index (χ0) is 28.1. The summed E-state index contributed by atoms with van der Waals surface area (Å²) in [4.78, 5) is 45.8. The van der Waals surface area contributed by atoms with E-state index in [1.807, 2.05) is 34.6 Å². The fraction of sp³-hybridized carbons (Fsp3) is 0.483. The molecule has 0 radical (unpaired) electrons. The van der Waals surface area contributed by atoms with Gasteiger partial charge in [0.15, 0.2) is 0 Å². The van der Waals surface area contributed by atoms with Crippen molar-refractivity contribution >= 4 is 34.7 Å². The molecule has 2 aromatic rings. The van der Waals surface area contributed by atoms with Crippen molar-refractivity contribution in [3.63, 3.8) is 0 Å². The number of hydrogen-bond donors (Lipinski definition) is 3. The van der Waals surface area contributed by atoms with Crippen LogP contribution in [0.2, 0.25) is 0 Å². The van der Waals surface area contributed by atoms with E-state index in [0.29, 0.717) is 68.0 Å². The maximum absolute atomic E-state index is 14.0. The van der Waals surface area contributed by atoms with Crippen molar-refractivity contribution in [2.75, 3.05) is 38.0 Å². The van der Waals surface area contributed by atoms with E-state index in [1.54, 1.807) is 11.0 Å². The summed E-state index contributed by atoms with van der Waals surface area (Å²) < 4.78 is 19.4. The minimum atomic E-state index is -0.521. The molecule has 3 heterocycles. The van der Waals surface area contributed by atoms with Gasteiger partial charge in [0.1, 0.15) is 11.4 Å². The molecule has 208 valence electrons. The van der Waals surface area contributed by atoms with Gasteiger partial charge in [-0.1, -0.05) is 0 Å². The SMILES string of the molecule is Cc1[nH]c2c(c1C(=O)N[C@@H](C)CN1CCN(C(=O)OC(C)(C)C)CC1)CC/C2=C1/C(=O)Nc2ccc(F)cc21. The first-order valence-corrected chi connectivity index (χ1v) is 13.5. The number of aromatic nitrogens is 1. The Hall–Kier alpha value is -3.66. The molecule has 3 amide bonds. The van der Waals surface area contributed by atoms with Crippen LogP contribution in [0.1, 0.15) is 67.0 Å². The molecule has 0 bridgehead atoms. The molecule has 1 aromatic carbocycles. The lowest BCUT2D eigenvalue weighted by molar-refractivity contribution is -0.110. The molecule has 3 N–H and O–H groups in total. The van der Waals surface area contributed by atoms with Crippen LogP contribution in [-0.4, -0.2) is 77.1 Å². The van der Waals surface area contributed by atoms with E-state index < -0.39 is 11.4 Å². The summed E-state index contributed by atoms with van der Waals surface area (Å²) in [5.41, 5.74) is 4.94. The van der Waals surface area contributed by atoms with Crippen molar-refractivity contribution < 1.29 is 23.5 Å². The van der Waals surface area contributed by atoms with Crippen LogP contribution in [0.4, 0.5) is 14.9 Å². The Morgan fingerprint density at radius 2 is 1.87 bits per heavy atom. The van der Waals surface area contributed by atoms with Gasteiger partial charge in [-0.15, -0.1) is 0 Å².